The third-order valence-corrected chi connectivity index (χ3v) is 5.77. The predicted octanol–water partition coefficient (Wildman–Crippen LogP) is 2.31. The van der Waals surface area contributed by atoms with Gasteiger partial charge in [0, 0.05) is 48.7 Å². The van der Waals surface area contributed by atoms with Crippen LogP contribution in [0.5, 0.6) is 23.0 Å². The lowest BCUT2D eigenvalue weighted by atomic mass is 9.83. The Hall–Kier alpha value is -3.68. The average Bonchev–Trinajstić information content (AvgIpc) is 2.74. The summed E-state index contributed by atoms with van der Waals surface area (Å²) in [7, 11) is 6.19. The van der Waals surface area contributed by atoms with E-state index in [4.69, 9.17) is 9.47 Å². The maximum atomic E-state index is 13.3. The minimum Gasteiger partial charge on any atom is -0.507 e. The first-order valence-corrected chi connectivity index (χ1v) is 9.63. The van der Waals surface area contributed by atoms with E-state index in [2.05, 4.69) is 0 Å². The fourth-order valence-corrected chi connectivity index (χ4v) is 3.79. The van der Waals surface area contributed by atoms with Crippen molar-refractivity contribution in [3.05, 3.63) is 79.1 Å². The van der Waals surface area contributed by atoms with Crippen molar-refractivity contribution >= 4 is 0 Å². The van der Waals surface area contributed by atoms with E-state index in [1.807, 2.05) is 0 Å². The second-order valence-electron chi connectivity index (χ2n) is 7.42. The Kier molecular flexibility index (Phi) is 5.83. The molecule has 164 valence electrons. The van der Waals surface area contributed by atoms with Crippen LogP contribution in [0.25, 0.3) is 0 Å². The van der Waals surface area contributed by atoms with E-state index in [1.54, 1.807) is 46.1 Å². The quantitative estimate of drug-likeness (QED) is 0.649. The minimum absolute atomic E-state index is 0.0635. The summed E-state index contributed by atoms with van der Waals surface area (Å²) in [6.07, 6.45) is 0. The van der Waals surface area contributed by atoms with E-state index in [0.29, 0.717) is 34.0 Å². The number of aromatic hydroxyl groups is 2. The molecule has 2 aromatic heterocycles. The Bertz CT molecular complexity index is 1270. The van der Waals surface area contributed by atoms with E-state index in [9.17, 15) is 19.8 Å². The van der Waals surface area contributed by atoms with Crippen molar-refractivity contribution in [3.8, 4) is 23.0 Å². The lowest BCUT2D eigenvalue weighted by molar-refractivity contribution is 0.389. The zero-order valence-corrected chi connectivity index (χ0v) is 18.4. The van der Waals surface area contributed by atoms with Crippen LogP contribution in [0.15, 0.2) is 39.9 Å². The molecule has 0 spiro atoms. The lowest BCUT2D eigenvalue weighted by Gasteiger charge is -2.25. The first-order valence-electron chi connectivity index (χ1n) is 9.63. The molecule has 31 heavy (non-hydrogen) atoms. The molecule has 2 N–H and O–H groups in total. The molecule has 0 aliphatic carbocycles. The number of methoxy groups -OCH3 is 2. The zero-order valence-electron chi connectivity index (χ0n) is 18.4. The number of aromatic nitrogens is 2. The maximum Gasteiger partial charge on any atom is 0.258 e. The van der Waals surface area contributed by atoms with Gasteiger partial charge >= 0.3 is 0 Å². The van der Waals surface area contributed by atoms with Gasteiger partial charge in [-0.2, -0.15) is 0 Å². The molecule has 2 heterocycles. The van der Waals surface area contributed by atoms with Gasteiger partial charge in [-0.25, -0.2) is 0 Å². The Labute approximate surface area is 179 Å². The third-order valence-electron chi connectivity index (χ3n) is 5.77. The summed E-state index contributed by atoms with van der Waals surface area (Å²) < 4.78 is 13.6. The summed E-state index contributed by atoms with van der Waals surface area (Å²) in [4.78, 5) is 25.5. The molecular formula is C23H26N2O6. The second kappa shape index (κ2) is 8.22. The topological polar surface area (TPSA) is 103 Å². The van der Waals surface area contributed by atoms with Gasteiger partial charge in [-0.3, -0.25) is 9.59 Å². The van der Waals surface area contributed by atoms with Crippen LogP contribution in [0.4, 0.5) is 0 Å². The van der Waals surface area contributed by atoms with Crippen LogP contribution >= 0.6 is 0 Å². The van der Waals surface area contributed by atoms with Crippen LogP contribution in [0.3, 0.4) is 0 Å². The molecule has 8 nitrogen and oxygen atoms in total. The molecule has 0 saturated carbocycles. The van der Waals surface area contributed by atoms with E-state index in [-0.39, 0.29) is 22.6 Å². The molecule has 0 saturated heterocycles. The molecule has 3 aromatic rings. The van der Waals surface area contributed by atoms with E-state index >= 15 is 0 Å². The number of benzene rings is 1. The van der Waals surface area contributed by atoms with Gasteiger partial charge in [-0.15, -0.1) is 0 Å². The summed E-state index contributed by atoms with van der Waals surface area (Å²) in [6.45, 7) is 3.39. The van der Waals surface area contributed by atoms with Crippen molar-refractivity contribution in [3.63, 3.8) is 0 Å². The van der Waals surface area contributed by atoms with E-state index in [0.717, 1.165) is 6.07 Å². The predicted molar refractivity (Wildman–Crippen MR) is 117 cm³/mol. The van der Waals surface area contributed by atoms with Gasteiger partial charge in [-0.1, -0.05) is 6.07 Å². The molecule has 0 aliphatic heterocycles. The highest BCUT2D eigenvalue weighted by Gasteiger charge is 2.31. The molecule has 0 bridgehead atoms. The highest BCUT2D eigenvalue weighted by molar-refractivity contribution is 5.58. The molecule has 1 aromatic carbocycles. The standard InChI is InChI=1S/C23H26N2O6/c1-12-9-16(26)22(23(29)24(12)3)21(15-8-7-14(30-5)10-18(15)31-6)20-13(2)25(4)19(28)11-17(20)27/h7-11,21,26-27H,1-6H3. The van der Waals surface area contributed by atoms with Crippen molar-refractivity contribution in [1.29, 1.82) is 0 Å². The fourth-order valence-electron chi connectivity index (χ4n) is 3.79. The highest BCUT2D eigenvalue weighted by atomic mass is 16.5. The number of ether oxygens (including phenoxy) is 2. The smallest absolute Gasteiger partial charge is 0.258 e. The minimum atomic E-state index is -0.910. The van der Waals surface area contributed by atoms with Crippen LogP contribution in [-0.2, 0) is 14.1 Å². The van der Waals surface area contributed by atoms with Gasteiger partial charge in [0.2, 0.25) is 0 Å². The number of nitrogens with zero attached hydrogens (tertiary/aromatic N) is 2. The van der Waals surface area contributed by atoms with Crippen LogP contribution in [0.1, 0.15) is 34.0 Å². The monoisotopic (exact) mass is 426 g/mol. The number of pyridine rings is 2. The fraction of sp³-hybridized carbons (Fsp3) is 0.304. The number of aryl methyl sites for hydroxylation is 1. The molecule has 0 radical (unpaired) electrons. The lowest BCUT2D eigenvalue weighted by Crippen LogP contribution is -2.28. The van der Waals surface area contributed by atoms with Gasteiger partial charge in [0.1, 0.15) is 23.0 Å². The molecular weight excluding hydrogens is 400 g/mol. The number of rotatable bonds is 5. The Morgan fingerprint density at radius 1 is 0.871 bits per heavy atom. The van der Waals surface area contributed by atoms with Gasteiger partial charge < -0.3 is 28.8 Å². The number of hydrogen-bond acceptors (Lipinski definition) is 6. The van der Waals surface area contributed by atoms with Gasteiger partial charge in [0.05, 0.1) is 25.7 Å². The van der Waals surface area contributed by atoms with Gasteiger partial charge in [0.25, 0.3) is 11.1 Å². The van der Waals surface area contributed by atoms with Crippen molar-refractivity contribution in [2.24, 2.45) is 14.1 Å². The summed E-state index contributed by atoms with van der Waals surface area (Å²) in [5, 5.41) is 21.6. The molecule has 1 atom stereocenters. The normalized spacial score (nSPS) is 11.9. The summed E-state index contributed by atoms with van der Waals surface area (Å²) in [5.74, 6) is -0.450. The van der Waals surface area contributed by atoms with Crippen molar-refractivity contribution < 1.29 is 19.7 Å². The van der Waals surface area contributed by atoms with Crippen molar-refractivity contribution in [2.45, 2.75) is 19.8 Å². The van der Waals surface area contributed by atoms with Crippen LogP contribution < -0.4 is 20.6 Å². The first-order chi connectivity index (χ1) is 14.6. The largest absolute Gasteiger partial charge is 0.507 e. The SMILES string of the molecule is COc1ccc(C(c2c(O)cc(=O)n(C)c2C)c2c(O)cc(C)n(C)c2=O)c(OC)c1. The third kappa shape index (κ3) is 3.65. The van der Waals surface area contributed by atoms with Gasteiger partial charge in [-0.05, 0) is 26.0 Å². The highest BCUT2D eigenvalue weighted by Crippen LogP contribution is 2.44. The van der Waals surface area contributed by atoms with E-state index in [1.165, 1.54) is 29.4 Å². The number of hydrogen-bond donors (Lipinski definition) is 2. The van der Waals surface area contributed by atoms with Crippen molar-refractivity contribution in [2.75, 3.05) is 14.2 Å². The molecule has 3 rings (SSSR count). The molecule has 0 aliphatic rings. The summed E-state index contributed by atoms with van der Waals surface area (Å²) >= 11 is 0. The molecule has 0 fully saturated rings. The second-order valence-corrected chi connectivity index (χ2v) is 7.42. The molecule has 1 unspecified atom stereocenters. The molecule has 8 heteroatoms. The summed E-state index contributed by atoms with van der Waals surface area (Å²) in [5.41, 5.74) is 1.13. The van der Waals surface area contributed by atoms with Crippen LogP contribution in [-0.4, -0.2) is 33.6 Å². The van der Waals surface area contributed by atoms with E-state index < -0.39 is 11.5 Å². The average molecular weight is 426 g/mol. The van der Waals surface area contributed by atoms with Gasteiger partial charge in [0.15, 0.2) is 0 Å². The first kappa shape index (κ1) is 22.0. The Morgan fingerprint density at radius 2 is 1.52 bits per heavy atom. The Morgan fingerprint density at radius 3 is 2.13 bits per heavy atom. The zero-order chi connectivity index (χ0) is 23.0. The maximum absolute atomic E-state index is 13.3. The molecule has 0 amide bonds. The van der Waals surface area contributed by atoms with Crippen molar-refractivity contribution in [1.82, 2.24) is 9.13 Å². The van der Waals surface area contributed by atoms with Crippen LogP contribution in [0.2, 0.25) is 0 Å². The Balaban J connectivity index is 2.50. The van der Waals surface area contributed by atoms with Crippen LogP contribution in [0, 0.1) is 13.8 Å². The summed E-state index contributed by atoms with van der Waals surface area (Å²) in [6, 6.07) is 7.67.